The number of hydrogen-bond acceptors (Lipinski definition) is 4. The molecule has 0 aromatic rings. The molecular formula is C16H31N3O3S. The molecule has 0 unspecified atom stereocenters. The van der Waals surface area contributed by atoms with Crippen LogP contribution in [0.15, 0.2) is 0 Å². The molecule has 3 fully saturated rings. The van der Waals surface area contributed by atoms with Gasteiger partial charge in [0.25, 0.3) is 0 Å². The van der Waals surface area contributed by atoms with Gasteiger partial charge in [0.05, 0.1) is 6.26 Å². The molecular weight excluding hydrogens is 314 g/mol. The first-order valence-corrected chi connectivity index (χ1v) is 10.7. The highest BCUT2D eigenvalue weighted by Crippen LogP contribution is 2.53. The van der Waals surface area contributed by atoms with Gasteiger partial charge in [-0.15, -0.1) is 0 Å². The van der Waals surface area contributed by atoms with E-state index in [1.54, 1.807) is 4.31 Å². The third-order valence-corrected chi connectivity index (χ3v) is 6.69. The Morgan fingerprint density at radius 3 is 2.04 bits per heavy atom. The first-order chi connectivity index (χ1) is 10.9. The Morgan fingerprint density at radius 1 is 1.04 bits per heavy atom. The second-order valence-corrected chi connectivity index (χ2v) is 8.82. The van der Waals surface area contributed by atoms with Crippen molar-refractivity contribution in [2.45, 2.75) is 39.5 Å². The second kappa shape index (κ2) is 7.49. The van der Waals surface area contributed by atoms with Crippen LogP contribution >= 0.6 is 0 Å². The Hall–Kier alpha value is -0.660. The molecule has 2 heterocycles. The molecule has 0 radical (unpaired) electrons. The summed E-state index contributed by atoms with van der Waals surface area (Å²) in [5.74, 6) is 0.487. The summed E-state index contributed by atoms with van der Waals surface area (Å²) < 4.78 is 24.7. The predicted molar refractivity (Wildman–Crippen MR) is 91.6 cm³/mol. The van der Waals surface area contributed by atoms with E-state index in [2.05, 4.69) is 5.32 Å². The lowest BCUT2D eigenvalue weighted by atomic mass is 9.57. The smallest absolute Gasteiger partial charge is 0.225 e. The summed E-state index contributed by atoms with van der Waals surface area (Å²) in [6.45, 7) is 8.68. The zero-order valence-electron chi connectivity index (χ0n) is 14.7. The molecule has 1 amide bonds. The van der Waals surface area contributed by atoms with E-state index in [9.17, 15) is 13.2 Å². The highest BCUT2D eigenvalue weighted by Gasteiger charge is 2.50. The van der Waals surface area contributed by atoms with E-state index < -0.39 is 10.0 Å². The first-order valence-electron chi connectivity index (χ1n) is 8.84. The minimum atomic E-state index is -3.06. The number of sulfonamides is 1. The van der Waals surface area contributed by atoms with Crippen molar-refractivity contribution in [2.24, 2.45) is 11.3 Å². The van der Waals surface area contributed by atoms with Crippen molar-refractivity contribution in [1.82, 2.24) is 14.5 Å². The molecule has 1 aliphatic carbocycles. The second-order valence-electron chi connectivity index (χ2n) is 6.84. The average molecular weight is 346 g/mol. The van der Waals surface area contributed by atoms with Gasteiger partial charge in [0.1, 0.15) is 0 Å². The zero-order chi connectivity index (χ0) is 17.1. The molecule has 3 rings (SSSR count). The lowest BCUT2D eigenvalue weighted by molar-refractivity contribution is -0.145. The number of carbonyl (C=O) groups excluding carboxylic acids is 1. The van der Waals surface area contributed by atoms with Crippen LogP contribution < -0.4 is 5.32 Å². The Balaban J connectivity index is 0.000000924. The van der Waals surface area contributed by atoms with Crippen molar-refractivity contribution in [2.75, 3.05) is 45.5 Å². The maximum absolute atomic E-state index is 12.4. The third kappa shape index (κ3) is 4.25. The molecule has 7 heteroatoms. The topological polar surface area (TPSA) is 69.7 Å². The number of carbonyl (C=O) groups is 1. The number of nitrogens with zero attached hydrogens (tertiary/aromatic N) is 2. The maximum atomic E-state index is 12.4. The van der Waals surface area contributed by atoms with E-state index in [1.165, 1.54) is 6.26 Å². The van der Waals surface area contributed by atoms with Gasteiger partial charge in [0.2, 0.25) is 15.9 Å². The Morgan fingerprint density at radius 2 is 1.57 bits per heavy atom. The standard InChI is InChI=1S/C14H25N3O3S.C2H6/c1-21(19,20)17-6-2-14(3-7-17)10-12(11-14)13(18)16-8-4-15-5-9-16;1-2/h12,15H,2-11H2,1H3;1-2H3. The molecule has 0 aromatic heterocycles. The summed E-state index contributed by atoms with van der Waals surface area (Å²) in [4.78, 5) is 14.4. The summed E-state index contributed by atoms with van der Waals surface area (Å²) in [5.41, 5.74) is 0.232. The minimum absolute atomic E-state index is 0.174. The highest BCUT2D eigenvalue weighted by atomic mass is 32.2. The molecule has 1 saturated carbocycles. The number of nitrogens with one attached hydrogen (secondary N) is 1. The molecule has 0 atom stereocenters. The fourth-order valence-corrected chi connectivity index (χ4v) is 4.85. The van der Waals surface area contributed by atoms with E-state index >= 15 is 0 Å². The number of rotatable bonds is 2. The van der Waals surface area contributed by atoms with Gasteiger partial charge in [-0.2, -0.15) is 0 Å². The van der Waals surface area contributed by atoms with Crippen molar-refractivity contribution in [1.29, 1.82) is 0 Å². The predicted octanol–water partition coefficient (Wildman–Crippen LogP) is 0.896. The van der Waals surface area contributed by atoms with Gasteiger partial charge in [-0.05, 0) is 31.1 Å². The van der Waals surface area contributed by atoms with E-state index in [0.717, 1.165) is 51.9 Å². The lowest BCUT2D eigenvalue weighted by Gasteiger charge is -2.52. The molecule has 1 spiro atoms. The molecule has 134 valence electrons. The summed E-state index contributed by atoms with van der Waals surface area (Å²) in [6.07, 6.45) is 5.00. The fraction of sp³-hybridized carbons (Fsp3) is 0.938. The fourth-order valence-electron chi connectivity index (χ4n) is 4.00. The molecule has 0 aromatic carbocycles. The van der Waals surface area contributed by atoms with Gasteiger partial charge in [0.15, 0.2) is 0 Å². The lowest BCUT2D eigenvalue weighted by Crippen LogP contribution is -2.55. The van der Waals surface area contributed by atoms with Crippen molar-refractivity contribution >= 4 is 15.9 Å². The summed E-state index contributed by atoms with van der Waals surface area (Å²) in [6, 6.07) is 0. The Bertz CT molecular complexity index is 499. The highest BCUT2D eigenvalue weighted by molar-refractivity contribution is 7.88. The average Bonchev–Trinajstić information content (AvgIpc) is 2.54. The van der Waals surface area contributed by atoms with Crippen molar-refractivity contribution < 1.29 is 13.2 Å². The van der Waals surface area contributed by atoms with Gasteiger partial charge in [0, 0.05) is 45.2 Å². The van der Waals surface area contributed by atoms with Gasteiger partial charge < -0.3 is 10.2 Å². The van der Waals surface area contributed by atoms with Crippen LogP contribution in [0.2, 0.25) is 0 Å². The van der Waals surface area contributed by atoms with Gasteiger partial charge in [-0.3, -0.25) is 4.79 Å². The SMILES string of the molecule is CC.CS(=O)(=O)N1CCC2(CC1)CC(C(=O)N1CCNCC1)C2. The van der Waals surface area contributed by atoms with Crippen LogP contribution in [0.25, 0.3) is 0 Å². The summed E-state index contributed by atoms with van der Waals surface area (Å²) in [5, 5.41) is 3.26. The molecule has 0 bridgehead atoms. The van der Waals surface area contributed by atoms with Crippen LogP contribution in [0.4, 0.5) is 0 Å². The van der Waals surface area contributed by atoms with Crippen LogP contribution in [0.1, 0.15) is 39.5 Å². The monoisotopic (exact) mass is 345 g/mol. The molecule has 1 N–H and O–H groups in total. The van der Waals surface area contributed by atoms with E-state index in [-0.39, 0.29) is 11.3 Å². The first kappa shape index (κ1) is 18.7. The van der Waals surface area contributed by atoms with Gasteiger partial charge >= 0.3 is 0 Å². The number of piperidine rings is 1. The van der Waals surface area contributed by atoms with Crippen LogP contribution in [0.3, 0.4) is 0 Å². The van der Waals surface area contributed by atoms with E-state index in [0.29, 0.717) is 19.0 Å². The molecule has 2 saturated heterocycles. The largest absolute Gasteiger partial charge is 0.340 e. The van der Waals surface area contributed by atoms with Gasteiger partial charge in [-0.1, -0.05) is 13.8 Å². The van der Waals surface area contributed by atoms with Crippen molar-refractivity contribution in [3.05, 3.63) is 0 Å². The van der Waals surface area contributed by atoms with Crippen LogP contribution in [-0.2, 0) is 14.8 Å². The van der Waals surface area contributed by atoms with E-state index in [1.807, 2.05) is 18.7 Å². The summed E-state index contributed by atoms with van der Waals surface area (Å²) in [7, 11) is -3.06. The van der Waals surface area contributed by atoms with Crippen LogP contribution in [-0.4, -0.2) is 69.1 Å². The van der Waals surface area contributed by atoms with Crippen LogP contribution in [0, 0.1) is 11.3 Å². The zero-order valence-corrected chi connectivity index (χ0v) is 15.5. The minimum Gasteiger partial charge on any atom is -0.340 e. The maximum Gasteiger partial charge on any atom is 0.225 e. The molecule has 23 heavy (non-hydrogen) atoms. The molecule has 3 aliphatic rings. The molecule has 2 aliphatic heterocycles. The van der Waals surface area contributed by atoms with E-state index in [4.69, 9.17) is 0 Å². The number of piperazine rings is 1. The quantitative estimate of drug-likeness (QED) is 0.807. The Kier molecular flexibility index (Phi) is 6.08. The van der Waals surface area contributed by atoms with Crippen molar-refractivity contribution in [3.8, 4) is 0 Å². The van der Waals surface area contributed by atoms with Crippen LogP contribution in [0.5, 0.6) is 0 Å². The Labute approximate surface area is 140 Å². The third-order valence-electron chi connectivity index (χ3n) is 5.39. The van der Waals surface area contributed by atoms with Crippen molar-refractivity contribution in [3.63, 3.8) is 0 Å². The normalized spacial score (nSPS) is 25.4. The molecule has 6 nitrogen and oxygen atoms in total. The number of hydrogen-bond donors (Lipinski definition) is 1. The summed E-state index contributed by atoms with van der Waals surface area (Å²) >= 11 is 0. The number of amides is 1. The van der Waals surface area contributed by atoms with Gasteiger partial charge in [-0.25, -0.2) is 12.7 Å².